The molecular weight excluding hydrogens is 290 g/mol. The zero-order valence-electron chi connectivity index (χ0n) is 12.1. The highest BCUT2D eigenvalue weighted by molar-refractivity contribution is 7.99. The summed E-state index contributed by atoms with van der Waals surface area (Å²) < 4.78 is 0. The van der Waals surface area contributed by atoms with Crippen molar-refractivity contribution < 1.29 is 0 Å². The highest BCUT2D eigenvalue weighted by Gasteiger charge is 2.20. The minimum absolute atomic E-state index is 0.336. The molecular formula is C18H17N3S. The van der Waals surface area contributed by atoms with Crippen molar-refractivity contribution in [2.24, 2.45) is 0 Å². The molecule has 1 aliphatic heterocycles. The second-order valence-corrected chi connectivity index (χ2v) is 6.40. The number of H-pyrrole nitrogens is 1. The van der Waals surface area contributed by atoms with E-state index >= 15 is 0 Å². The highest BCUT2D eigenvalue weighted by Crippen LogP contribution is 2.32. The average molecular weight is 307 g/mol. The molecule has 2 heterocycles. The standard InChI is InChI=1S/C18H17N3S/c1-2-6-13(7-3-1)14-8-4-5-9-15(14)16-10-19-18(21-16)17-11-22-12-20-17/h1-10,17,20H,11-12H2,(H,19,21)/t17-/m1/s1. The van der Waals surface area contributed by atoms with Gasteiger partial charge in [0.05, 0.1) is 17.9 Å². The number of aromatic amines is 1. The van der Waals surface area contributed by atoms with Crippen LogP contribution in [0.25, 0.3) is 22.4 Å². The van der Waals surface area contributed by atoms with Crippen LogP contribution in [0.3, 0.4) is 0 Å². The van der Waals surface area contributed by atoms with Crippen LogP contribution in [0.2, 0.25) is 0 Å². The van der Waals surface area contributed by atoms with Crippen molar-refractivity contribution in [3.63, 3.8) is 0 Å². The molecule has 4 heteroatoms. The molecule has 3 aromatic rings. The molecule has 110 valence electrons. The van der Waals surface area contributed by atoms with Crippen LogP contribution in [0.4, 0.5) is 0 Å². The Morgan fingerprint density at radius 3 is 2.50 bits per heavy atom. The summed E-state index contributed by atoms with van der Waals surface area (Å²) in [4.78, 5) is 8.07. The lowest BCUT2D eigenvalue weighted by Crippen LogP contribution is -2.15. The third kappa shape index (κ3) is 2.56. The Balaban J connectivity index is 1.74. The van der Waals surface area contributed by atoms with E-state index in [1.807, 2.05) is 24.0 Å². The number of thioether (sulfide) groups is 1. The van der Waals surface area contributed by atoms with Gasteiger partial charge in [-0.15, -0.1) is 11.8 Å². The molecule has 1 fully saturated rings. The summed E-state index contributed by atoms with van der Waals surface area (Å²) in [5.41, 5.74) is 4.72. The van der Waals surface area contributed by atoms with Crippen LogP contribution in [0.15, 0.2) is 60.8 Å². The molecule has 0 aliphatic carbocycles. The van der Waals surface area contributed by atoms with Crippen LogP contribution in [0, 0.1) is 0 Å². The van der Waals surface area contributed by atoms with E-state index in [1.165, 1.54) is 16.7 Å². The van der Waals surface area contributed by atoms with Gasteiger partial charge >= 0.3 is 0 Å². The van der Waals surface area contributed by atoms with E-state index in [4.69, 9.17) is 0 Å². The van der Waals surface area contributed by atoms with Crippen molar-refractivity contribution in [2.75, 3.05) is 11.6 Å². The monoisotopic (exact) mass is 307 g/mol. The molecule has 0 spiro atoms. The molecule has 1 atom stereocenters. The second kappa shape index (κ2) is 5.99. The Bertz CT molecular complexity index is 761. The number of nitrogens with one attached hydrogen (secondary N) is 2. The van der Waals surface area contributed by atoms with Crippen LogP contribution in [-0.2, 0) is 0 Å². The van der Waals surface area contributed by atoms with E-state index in [9.17, 15) is 0 Å². The summed E-state index contributed by atoms with van der Waals surface area (Å²) in [6.45, 7) is 0. The third-order valence-corrected chi connectivity index (χ3v) is 4.88. The Morgan fingerprint density at radius 1 is 0.955 bits per heavy atom. The highest BCUT2D eigenvalue weighted by atomic mass is 32.2. The normalized spacial score (nSPS) is 17.7. The lowest BCUT2D eigenvalue weighted by Gasteiger charge is -2.08. The van der Waals surface area contributed by atoms with Gasteiger partial charge in [-0.1, -0.05) is 54.6 Å². The van der Waals surface area contributed by atoms with E-state index in [0.717, 1.165) is 23.1 Å². The van der Waals surface area contributed by atoms with Crippen LogP contribution in [0.5, 0.6) is 0 Å². The fourth-order valence-corrected chi connectivity index (χ4v) is 3.76. The van der Waals surface area contributed by atoms with Crippen LogP contribution < -0.4 is 5.32 Å². The van der Waals surface area contributed by atoms with Crippen molar-refractivity contribution in [3.8, 4) is 22.4 Å². The maximum Gasteiger partial charge on any atom is 0.124 e. The van der Waals surface area contributed by atoms with Crippen molar-refractivity contribution in [1.29, 1.82) is 0 Å². The van der Waals surface area contributed by atoms with Gasteiger partial charge in [0.15, 0.2) is 0 Å². The van der Waals surface area contributed by atoms with Crippen LogP contribution in [0.1, 0.15) is 11.9 Å². The summed E-state index contributed by atoms with van der Waals surface area (Å²) in [5.74, 6) is 3.11. The van der Waals surface area contributed by atoms with E-state index in [-0.39, 0.29) is 0 Å². The second-order valence-electron chi connectivity index (χ2n) is 5.37. The molecule has 0 radical (unpaired) electrons. The average Bonchev–Trinajstić information content (AvgIpc) is 3.27. The predicted molar refractivity (Wildman–Crippen MR) is 92.7 cm³/mol. The Kier molecular flexibility index (Phi) is 3.70. The number of aromatic nitrogens is 2. The van der Waals surface area contributed by atoms with Crippen LogP contribution >= 0.6 is 11.8 Å². The Hall–Kier alpha value is -2.04. The smallest absolute Gasteiger partial charge is 0.124 e. The summed E-state index contributed by atoms with van der Waals surface area (Å²) in [6.07, 6.45) is 1.95. The SMILES string of the molecule is c1ccc(-c2ccccc2-c2cnc([C@H]3CSCN3)[nH]2)cc1. The van der Waals surface area contributed by atoms with Gasteiger partial charge in [0.1, 0.15) is 5.82 Å². The fraction of sp³-hybridized carbons (Fsp3) is 0.167. The first-order valence-electron chi connectivity index (χ1n) is 7.43. The van der Waals surface area contributed by atoms with E-state index in [1.54, 1.807) is 0 Å². The molecule has 4 rings (SSSR count). The number of benzene rings is 2. The molecule has 22 heavy (non-hydrogen) atoms. The maximum atomic E-state index is 4.58. The Morgan fingerprint density at radius 2 is 1.73 bits per heavy atom. The summed E-state index contributed by atoms with van der Waals surface area (Å²) in [6, 6.07) is 19.3. The summed E-state index contributed by atoms with van der Waals surface area (Å²) in [7, 11) is 0. The number of hydrogen-bond donors (Lipinski definition) is 2. The number of hydrogen-bond acceptors (Lipinski definition) is 3. The zero-order valence-corrected chi connectivity index (χ0v) is 12.9. The Labute approximate surface area is 134 Å². The van der Waals surface area contributed by atoms with Crippen molar-refractivity contribution >= 4 is 11.8 Å². The van der Waals surface area contributed by atoms with Gasteiger partial charge in [-0.05, 0) is 11.1 Å². The first-order valence-corrected chi connectivity index (χ1v) is 8.58. The van der Waals surface area contributed by atoms with E-state index in [0.29, 0.717) is 6.04 Å². The molecule has 0 saturated carbocycles. The van der Waals surface area contributed by atoms with Gasteiger partial charge in [-0.3, -0.25) is 5.32 Å². The predicted octanol–water partition coefficient (Wildman–Crippen LogP) is 4.08. The third-order valence-electron chi connectivity index (χ3n) is 3.94. The van der Waals surface area contributed by atoms with Crippen molar-refractivity contribution in [3.05, 3.63) is 66.6 Å². The lowest BCUT2D eigenvalue weighted by molar-refractivity contribution is 0.641. The summed E-state index contributed by atoms with van der Waals surface area (Å²) >= 11 is 1.91. The molecule has 0 unspecified atom stereocenters. The molecule has 1 saturated heterocycles. The van der Waals surface area contributed by atoms with Gasteiger partial charge in [0, 0.05) is 17.2 Å². The van der Waals surface area contributed by atoms with E-state index < -0.39 is 0 Å². The van der Waals surface area contributed by atoms with Gasteiger partial charge in [-0.2, -0.15) is 0 Å². The number of rotatable bonds is 3. The van der Waals surface area contributed by atoms with Crippen molar-refractivity contribution in [1.82, 2.24) is 15.3 Å². The zero-order chi connectivity index (χ0) is 14.8. The lowest BCUT2D eigenvalue weighted by atomic mass is 9.98. The van der Waals surface area contributed by atoms with Crippen molar-refractivity contribution in [2.45, 2.75) is 6.04 Å². The van der Waals surface area contributed by atoms with Gasteiger partial charge in [0.2, 0.25) is 0 Å². The largest absolute Gasteiger partial charge is 0.341 e. The molecule has 3 nitrogen and oxygen atoms in total. The van der Waals surface area contributed by atoms with Crippen LogP contribution in [-0.4, -0.2) is 21.6 Å². The minimum Gasteiger partial charge on any atom is -0.341 e. The first-order chi connectivity index (χ1) is 10.9. The fourth-order valence-electron chi connectivity index (χ4n) is 2.81. The summed E-state index contributed by atoms with van der Waals surface area (Å²) in [5, 5.41) is 3.45. The molecule has 1 aliphatic rings. The van der Waals surface area contributed by atoms with Gasteiger partial charge < -0.3 is 4.98 Å². The quantitative estimate of drug-likeness (QED) is 0.766. The van der Waals surface area contributed by atoms with E-state index in [2.05, 4.69) is 63.8 Å². The topological polar surface area (TPSA) is 40.7 Å². The molecule has 2 N–H and O–H groups in total. The maximum absolute atomic E-state index is 4.58. The first kappa shape index (κ1) is 13.6. The minimum atomic E-state index is 0.336. The van der Waals surface area contributed by atoms with Gasteiger partial charge in [-0.25, -0.2) is 4.98 Å². The molecule has 1 aromatic heterocycles. The molecule has 0 bridgehead atoms. The molecule has 2 aromatic carbocycles. The van der Waals surface area contributed by atoms with Gasteiger partial charge in [0.25, 0.3) is 0 Å². The molecule has 0 amide bonds. The number of imidazole rings is 1. The number of nitrogens with zero attached hydrogens (tertiary/aromatic N) is 1.